The number of nitrogens with zero attached hydrogens (tertiary/aromatic N) is 2. The number of ether oxygens (including phenoxy) is 1. The van der Waals surface area contributed by atoms with E-state index < -0.39 is 0 Å². The molecule has 0 aliphatic rings. The molecule has 0 saturated carbocycles. The maximum atomic E-state index is 13.9. The van der Waals surface area contributed by atoms with Crippen molar-refractivity contribution < 1.29 is 9.13 Å². The fourth-order valence-corrected chi connectivity index (χ4v) is 1.80. The zero-order valence-corrected chi connectivity index (χ0v) is 11.5. The third kappa shape index (κ3) is 3.99. The van der Waals surface area contributed by atoms with Crippen LogP contribution in [0.3, 0.4) is 0 Å². The van der Waals surface area contributed by atoms with Gasteiger partial charge in [-0.25, -0.2) is 14.4 Å². The van der Waals surface area contributed by atoms with Crippen molar-refractivity contribution in [1.82, 2.24) is 15.3 Å². The second-order valence-electron chi connectivity index (χ2n) is 4.36. The van der Waals surface area contributed by atoms with Crippen LogP contribution in [0.4, 0.5) is 4.39 Å². The van der Waals surface area contributed by atoms with E-state index in [0.29, 0.717) is 12.4 Å². The number of rotatable bonds is 7. The molecule has 1 heterocycles. The molecule has 0 aliphatic carbocycles. The molecule has 5 heteroatoms. The van der Waals surface area contributed by atoms with Gasteiger partial charge in [0.15, 0.2) is 17.4 Å². The molecular formula is C15H18FN3O. The molecule has 0 atom stereocenters. The maximum absolute atomic E-state index is 13.9. The highest BCUT2D eigenvalue weighted by Gasteiger charge is 2.10. The van der Waals surface area contributed by atoms with E-state index in [0.717, 1.165) is 18.5 Å². The van der Waals surface area contributed by atoms with Crippen LogP contribution in [-0.2, 0) is 13.2 Å². The lowest BCUT2D eigenvalue weighted by atomic mass is 10.2. The number of nitrogens with one attached hydrogen (secondary N) is 1. The van der Waals surface area contributed by atoms with Crippen LogP contribution in [0.5, 0.6) is 5.75 Å². The zero-order chi connectivity index (χ0) is 14.2. The van der Waals surface area contributed by atoms with Crippen molar-refractivity contribution in [3.8, 4) is 5.75 Å². The highest BCUT2D eigenvalue weighted by molar-refractivity contribution is 5.35. The Morgan fingerprint density at radius 3 is 2.75 bits per heavy atom. The summed E-state index contributed by atoms with van der Waals surface area (Å²) >= 11 is 0. The lowest BCUT2D eigenvalue weighted by Gasteiger charge is -2.12. The first-order valence-electron chi connectivity index (χ1n) is 6.68. The van der Waals surface area contributed by atoms with Gasteiger partial charge in [0.25, 0.3) is 0 Å². The molecule has 1 aromatic carbocycles. The zero-order valence-electron chi connectivity index (χ0n) is 11.5. The van der Waals surface area contributed by atoms with Gasteiger partial charge in [-0.05, 0) is 25.1 Å². The minimum absolute atomic E-state index is 0.155. The van der Waals surface area contributed by atoms with Crippen LogP contribution < -0.4 is 10.1 Å². The summed E-state index contributed by atoms with van der Waals surface area (Å²) in [6, 6.07) is 6.66. The van der Waals surface area contributed by atoms with Crippen LogP contribution in [-0.4, -0.2) is 16.5 Å². The molecule has 1 N–H and O–H groups in total. The second kappa shape index (κ2) is 7.55. The summed E-state index contributed by atoms with van der Waals surface area (Å²) in [5.41, 5.74) is 0.800. The number of para-hydroxylation sites is 1. The first kappa shape index (κ1) is 14.4. The fourth-order valence-electron chi connectivity index (χ4n) is 1.80. The largest absolute Gasteiger partial charge is 0.482 e. The molecule has 4 nitrogen and oxygen atoms in total. The Bertz CT molecular complexity index is 534. The van der Waals surface area contributed by atoms with Crippen LogP contribution in [0.2, 0.25) is 0 Å². The van der Waals surface area contributed by atoms with Gasteiger partial charge in [-0.3, -0.25) is 0 Å². The van der Waals surface area contributed by atoms with Gasteiger partial charge >= 0.3 is 0 Å². The van der Waals surface area contributed by atoms with Gasteiger partial charge in [-0.15, -0.1) is 0 Å². The van der Waals surface area contributed by atoms with E-state index in [-0.39, 0.29) is 18.2 Å². The SMILES string of the molecule is CCCNCc1cccc(F)c1OCc1ncccn1. The number of aromatic nitrogens is 2. The smallest absolute Gasteiger partial charge is 0.166 e. The van der Waals surface area contributed by atoms with E-state index in [9.17, 15) is 4.39 Å². The normalized spacial score (nSPS) is 10.5. The van der Waals surface area contributed by atoms with Gasteiger partial charge in [0, 0.05) is 24.5 Å². The van der Waals surface area contributed by atoms with Crippen molar-refractivity contribution in [3.63, 3.8) is 0 Å². The molecule has 0 spiro atoms. The van der Waals surface area contributed by atoms with Crippen molar-refractivity contribution >= 4 is 0 Å². The van der Waals surface area contributed by atoms with Crippen molar-refractivity contribution in [2.45, 2.75) is 26.5 Å². The van der Waals surface area contributed by atoms with Gasteiger partial charge in [0.05, 0.1) is 0 Å². The Labute approximate surface area is 118 Å². The highest BCUT2D eigenvalue weighted by atomic mass is 19.1. The summed E-state index contributed by atoms with van der Waals surface area (Å²) in [6.07, 6.45) is 4.30. The maximum Gasteiger partial charge on any atom is 0.166 e. The molecule has 2 rings (SSSR count). The first-order valence-corrected chi connectivity index (χ1v) is 6.68. The van der Waals surface area contributed by atoms with E-state index in [2.05, 4.69) is 22.2 Å². The minimum Gasteiger partial charge on any atom is -0.482 e. The molecule has 2 aromatic rings. The van der Waals surface area contributed by atoms with Crippen molar-refractivity contribution in [1.29, 1.82) is 0 Å². The van der Waals surface area contributed by atoms with Gasteiger partial charge in [0.1, 0.15) is 6.61 Å². The minimum atomic E-state index is -0.364. The molecule has 20 heavy (non-hydrogen) atoms. The molecule has 0 radical (unpaired) electrons. The van der Waals surface area contributed by atoms with Crippen molar-refractivity contribution in [2.24, 2.45) is 0 Å². The van der Waals surface area contributed by atoms with E-state index in [1.807, 2.05) is 6.07 Å². The van der Waals surface area contributed by atoms with Gasteiger partial charge in [-0.2, -0.15) is 0 Å². The van der Waals surface area contributed by atoms with E-state index >= 15 is 0 Å². The van der Waals surface area contributed by atoms with E-state index in [1.165, 1.54) is 6.07 Å². The predicted octanol–water partition coefficient (Wildman–Crippen LogP) is 2.69. The fraction of sp³-hybridized carbons (Fsp3) is 0.333. The number of hydrogen-bond donors (Lipinski definition) is 1. The molecule has 106 valence electrons. The van der Waals surface area contributed by atoms with Crippen LogP contribution >= 0.6 is 0 Å². The van der Waals surface area contributed by atoms with Gasteiger partial charge < -0.3 is 10.1 Å². The standard InChI is InChI=1S/C15H18FN3O/c1-2-7-17-10-12-5-3-6-13(16)15(12)20-11-14-18-8-4-9-19-14/h3-6,8-9,17H,2,7,10-11H2,1H3. The Hall–Kier alpha value is -2.01. The predicted molar refractivity (Wildman–Crippen MR) is 74.8 cm³/mol. The van der Waals surface area contributed by atoms with Crippen LogP contribution in [0.15, 0.2) is 36.7 Å². The van der Waals surface area contributed by atoms with Crippen LogP contribution in [0.1, 0.15) is 24.7 Å². The molecule has 1 aromatic heterocycles. The lowest BCUT2D eigenvalue weighted by Crippen LogP contribution is -2.15. The Morgan fingerprint density at radius 2 is 2.00 bits per heavy atom. The molecule has 0 bridgehead atoms. The monoisotopic (exact) mass is 275 g/mol. The average Bonchev–Trinajstić information content (AvgIpc) is 2.48. The summed E-state index contributed by atoms with van der Waals surface area (Å²) in [4.78, 5) is 8.11. The first-order chi connectivity index (χ1) is 9.81. The molecule has 0 aliphatic heterocycles. The Balaban J connectivity index is 2.05. The summed E-state index contributed by atoms with van der Waals surface area (Å²) in [7, 11) is 0. The molecule has 0 saturated heterocycles. The second-order valence-corrected chi connectivity index (χ2v) is 4.36. The summed E-state index contributed by atoms with van der Waals surface area (Å²) < 4.78 is 19.4. The third-order valence-corrected chi connectivity index (χ3v) is 2.76. The molecule has 0 fully saturated rings. The third-order valence-electron chi connectivity index (χ3n) is 2.76. The quantitative estimate of drug-likeness (QED) is 0.789. The molecule has 0 unspecified atom stereocenters. The average molecular weight is 275 g/mol. The van der Waals surface area contributed by atoms with Gasteiger partial charge in [-0.1, -0.05) is 19.1 Å². The highest BCUT2D eigenvalue weighted by Crippen LogP contribution is 2.23. The Kier molecular flexibility index (Phi) is 5.43. The summed E-state index contributed by atoms with van der Waals surface area (Å²) in [6.45, 7) is 3.71. The van der Waals surface area contributed by atoms with Gasteiger partial charge in [0.2, 0.25) is 0 Å². The van der Waals surface area contributed by atoms with Crippen molar-refractivity contribution in [2.75, 3.05) is 6.54 Å². The molecule has 0 amide bonds. The topological polar surface area (TPSA) is 47.0 Å². The van der Waals surface area contributed by atoms with Crippen LogP contribution in [0, 0.1) is 5.82 Å². The van der Waals surface area contributed by atoms with E-state index in [4.69, 9.17) is 4.74 Å². The summed E-state index contributed by atoms with van der Waals surface area (Å²) in [5, 5.41) is 3.24. The van der Waals surface area contributed by atoms with Crippen molar-refractivity contribution in [3.05, 3.63) is 53.9 Å². The molecular weight excluding hydrogens is 257 g/mol. The van der Waals surface area contributed by atoms with Crippen LogP contribution in [0.25, 0.3) is 0 Å². The summed E-state index contributed by atoms with van der Waals surface area (Å²) in [5.74, 6) is 0.434. The lowest BCUT2D eigenvalue weighted by molar-refractivity contribution is 0.277. The number of hydrogen-bond acceptors (Lipinski definition) is 4. The number of benzene rings is 1. The number of halogens is 1. The van der Waals surface area contributed by atoms with E-state index in [1.54, 1.807) is 24.5 Å². The Morgan fingerprint density at radius 1 is 1.20 bits per heavy atom.